The zero-order valence-electron chi connectivity index (χ0n) is 10.8. The molecule has 2 heterocycles. The minimum atomic E-state index is -0.185. The van der Waals surface area contributed by atoms with Crippen LogP contribution in [-0.4, -0.2) is 15.1 Å². The Labute approximate surface area is 106 Å². The van der Waals surface area contributed by atoms with Gasteiger partial charge in [0.1, 0.15) is 5.69 Å². The van der Waals surface area contributed by atoms with Crippen LogP contribution in [0, 0.1) is 6.92 Å². The van der Waals surface area contributed by atoms with Crippen LogP contribution in [0.2, 0.25) is 0 Å². The zero-order valence-corrected chi connectivity index (χ0v) is 10.8. The smallest absolute Gasteiger partial charge is 0.243 e. The van der Waals surface area contributed by atoms with Crippen LogP contribution in [0.15, 0.2) is 22.9 Å². The maximum absolute atomic E-state index is 5.99. The number of rotatable bonds is 5. The molecule has 2 N–H and O–H groups in total. The predicted octanol–water partition coefficient (Wildman–Crippen LogP) is 2.63. The average Bonchev–Trinajstić information content (AvgIpc) is 2.86. The van der Waals surface area contributed by atoms with Gasteiger partial charge in [0.15, 0.2) is 0 Å². The second-order valence-corrected chi connectivity index (χ2v) is 4.37. The third-order valence-electron chi connectivity index (χ3n) is 2.85. The van der Waals surface area contributed by atoms with E-state index in [1.807, 2.05) is 19.1 Å². The van der Waals surface area contributed by atoms with Crippen LogP contribution in [0.1, 0.15) is 43.7 Å². The molecule has 5 heteroatoms. The summed E-state index contributed by atoms with van der Waals surface area (Å²) in [6.07, 6.45) is 4.74. The first-order chi connectivity index (χ1) is 8.72. The van der Waals surface area contributed by atoms with Gasteiger partial charge in [0, 0.05) is 6.20 Å². The molecule has 0 radical (unpaired) electrons. The quantitative estimate of drug-likeness (QED) is 0.877. The van der Waals surface area contributed by atoms with Crippen molar-refractivity contribution in [2.45, 2.75) is 39.2 Å². The minimum Gasteiger partial charge on any atom is -0.337 e. The summed E-state index contributed by atoms with van der Waals surface area (Å²) < 4.78 is 5.21. The molecule has 0 unspecified atom stereocenters. The van der Waals surface area contributed by atoms with Gasteiger partial charge in [-0.15, -0.1) is 0 Å². The number of aryl methyl sites for hydroxylation is 1. The summed E-state index contributed by atoms with van der Waals surface area (Å²) in [7, 11) is 0. The molecule has 0 aliphatic rings. The summed E-state index contributed by atoms with van der Waals surface area (Å²) >= 11 is 0. The molecule has 0 aliphatic carbocycles. The highest BCUT2D eigenvalue weighted by molar-refractivity contribution is 5.53. The molecule has 0 bridgehead atoms. The van der Waals surface area contributed by atoms with E-state index in [0.29, 0.717) is 11.7 Å². The van der Waals surface area contributed by atoms with Crippen molar-refractivity contribution in [2.75, 3.05) is 0 Å². The van der Waals surface area contributed by atoms with Gasteiger partial charge < -0.3 is 10.3 Å². The SMILES string of the molecule is CCCC[C@H](N)c1nc(-c2ncccc2C)no1. The number of unbranched alkanes of at least 4 members (excludes halogenated alkanes) is 1. The van der Waals surface area contributed by atoms with Gasteiger partial charge in [-0.3, -0.25) is 4.98 Å². The van der Waals surface area contributed by atoms with Crippen molar-refractivity contribution in [1.82, 2.24) is 15.1 Å². The van der Waals surface area contributed by atoms with Crippen LogP contribution >= 0.6 is 0 Å². The highest BCUT2D eigenvalue weighted by Crippen LogP contribution is 2.20. The molecular formula is C13H18N4O. The molecule has 2 aromatic heterocycles. The topological polar surface area (TPSA) is 77.8 Å². The largest absolute Gasteiger partial charge is 0.337 e. The van der Waals surface area contributed by atoms with E-state index in [4.69, 9.17) is 10.3 Å². The maximum atomic E-state index is 5.99. The van der Waals surface area contributed by atoms with Crippen molar-refractivity contribution < 1.29 is 4.52 Å². The van der Waals surface area contributed by atoms with Crippen LogP contribution in [0.5, 0.6) is 0 Å². The lowest BCUT2D eigenvalue weighted by Crippen LogP contribution is -2.10. The van der Waals surface area contributed by atoms with Gasteiger partial charge in [-0.2, -0.15) is 4.98 Å². The van der Waals surface area contributed by atoms with Gasteiger partial charge in [-0.25, -0.2) is 0 Å². The summed E-state index contributed by atoms with van der Waals surface area (Å²) in [5.74, 6) is 0.999. The van der Waals surface area contributed by atoms with E-state index in [1.54, 1.807) is 6.20 Å². The van der Waals surface area contributed by atoms with Crippen LogP contribution in [0.25, 0.3) is 11.5 Å². The zero-order chi connectivity index (χ0) is 13.0. The molecule has 0 spiro atoms. The summed E-state index contributed by atoms with van der Waals surface area (Å²) in [6.45, 7) is 4.10. The van der Waals surface area contributed by atoms with Crippen molar-refractivity contribution in [2.24, 2.45) is 5.73 Å². The highest BCUT2D eigenvalue weighted by Gasteiger charge is 2.16. The highest BCUT2D eigenvalue weighted by atomic mass is 16.5. The van der Waals surface area contributed by atoms with Crippen molar-refractivity contribution in [3.63, 3.8) is 0 Å². The number of aromatic nitrogens is 3. The van der Waals surface area contributed by atoms with E-state index in [-0.39, 0.29) is 6.04 Å². The van der Waals surface area contributed by atoms with Gasteiger partial charge >= 0.3 is 0 Å². The van der Waals surface area contributed by atoms with Crippen molar-refractivity contribution in [1.29, 1.82) is 0 Å². The molecule has 2 rings (SSSR count). The molecule has 96 valence electrons. The van der Waals surface area contributed by atoms with E-state index >= 15 is 0 Å². The third-order valence-corrected chi connectivity index (χ3v) is 2.85. The number of nitrogens with zero attached hydrogens (tertiary/aromatic N) is 3. The van der Waals surface area contributed by atoms with E-state index in [0.717, 1.165) is 30.5 Å². The number of hydrogen-bond donors (Lipinski definition) is 1. The van der Waals surface area contributed by atoms with Crippen LogP contribution in [0.4, 0.5) is 0 Å². The fraction of sp³-hybridized carbons (Fsp3) is 0.462. The predicted molar refractivity (Wildman–Crippen MR) is 68.7 cm³/mol. The van der Waals surface area contributed by atoms with E-state index < -0.39 is 0 Å². The Morgan fingerprint density at radius 1 is 1.44 bits per heavy atom. The average molecular weight is 246 g/mol. The number of hydrogen-bond acceptors (Lipinski definition) is 5. The summed E-state index contributed by atoms with van der Waals surface area (Å²) in [4.78, 5) is 8.59. The molecule has 1 atom stereocenters. The lowest BCUT2D eigenvalue weighted by Gasteiger charge is -2.03. The Morgan fingerprint density at radius 3 is 3.00 bits per heavy atom. The molecule has 18 heavy (non-hydrogen) atoms. The van der Waals surface area contributed by atoms with Crippen molar-refractivity contribution in [3.8, 4) is 11.5 Å². The number of pyridine rings is 1. The molecule has 2 aromatic rings. The van der Waals surface area contributed by atoms with Gasteiger partial charge in [0.2, 0.25) is 11.7 Å². The fourth-order valence-corrected chi connectivity index (χ4v) is 1.75. The van der Waals surface area contributed by atoms with Crippen LogP contribution < -0.4 is 5.73 Å². The van der Waals surface area contributed by atoms with Crippen LogP contribution in [0.3, 0.4) is 0 Å². The first-order valence-electron chi connectivity index (χ1n) is 6.23. The molecular weight excluding hydrogens is 228 g/mol. The van der Waals surface area contributed by atoms with Gasteiger partial charge in [-0.1, -0.05) is 31.0 Å². The Morgan fingerprint density at radius 2 is 2.28 bits per heavy atom. The van der Waals surface area contributed by atoms with Gasteiger partial charge in [-0.05, 0) is 25.0 Å². The molecule has 0 fully saturated rings. The fourth-order valence-electron chi connectivity index (χ4n) is 1.75. The monoisotopic (exact) mass is 246 g/mol. The Balaban J connectivity index is 2.18. The molecule has 0 saturated heterocycles. The Kier molecular flexibility index (Phi) is 4.04. The minimum absolute atomic E-state index is 0.185. The normalized spacial score (nSPS) is 12.6. The molecule has 0 aromatic carbocycles. The number of nitrogens with two attached hydrogens (primary N) is 1. The summed E-state index contributed by atoms with van der Waals surface area (Å²) in [5.41, 5.74) is 7.76. The van der Waals surface area contributed by atoms with Crippen molar-refractivity contribution in [3.05, 3.63) is 29.8 Å². The Hall–Kier alpha value is -1.75. The summed E-state index contributed by atoms with van der Waals surface area (Å²) in [6, 6.07) is 3.66. The second kappa shape index (κ2) is 5.73. The first-order valence-corrected chi connectivity index (χ1v) is 6.23. The second-order valence-electron chi connectivity index (χ2n) is 4.37. The van der Waals surface area contributed by atoms with E-state index in [1.165, 1.54) is 0 Å². The lowest BCUT2D eigenvalue weighted by atomic mass is 10.1. The lowest BCUT2D eigenvalue weighted by molar-refractivity contribution is 0.346. The van der Waals surface area contributed by atoms with E-state index in [9.17, 15) is 0 Å². The standard InChI is InChI=1S/C13H18N4O/c1-3-4-7-10(14)13-16-12(17-18-13)11-9(2)6-5-8-15-11/h5-6,8,10H,3-4,7,14H2,1-2H3/t10-/m0/s1. The van der Waals surface area contributed by atoms with Gasteiger partial charge in [0.25, 0.3) is 0 Å². The third kappa shape index (κ3) is 2.73. The molecule has 0 saturated carbocycles. The van der Waals surface area contributed by atoms with Crippen LogP contribution in [-0.2, 0) is 0 Å². The molecule has 0 aliphatic heterocycles. The van der Waals surface area contributed by atoms with Crippen molar-refractivity contribution >= 4 is 0 Å². The maximum Gasteiger partial charge on any atom is 0.243 e. The summed E-state index contributed by atoms with van der Waals surface area (Å²) in [5, 5.41) is 3.95. The van der Waals surface area contributed by atoms with E-state index in [2.05, 4.69) is 22.0 Å². The first kappa shape index (κ1) is 12.7. The van der Waals surface area contributed by atoms with Gasteiger partial charge in [0.05, 0.1) is 6.04 Å². The molecule has 0 amide bonds. The Bertz CT molecular complexity index is 509. The molecule has 5 nitrogen and oxygen atoms in total.